The summed E-state index contributed by atoms with van der Waals surface area (Å²) in [6.45, 7) is 0.761. The van der Waals surface area contributed by atoms with Crippen molar-refractivity contribution in [2.75, 3.05) is 11.5 Å². The lowest BCUT2D eigenvalue weighted by atomic mass is 10.0. The first-order valence-electron chi connectivity index (χ1n) is 6.40. The van der Waals surface area contributed by atoms with Crippen molar-refractivity contribution >= 4 is 9.84 Å². The van der Waals surface area contributed by atoms with E-state index >= 15 is 0 Å². The van der Waals surface area contributed by atoms with Gasteiger partial charge in [0.15, 0.2) is 9.84 Å². The predicted octanol–water partition coefficient (Wildman–Crippen LogP) is -0.471. The third-order valence-corrected chi connectivity index (χ3v) is 5.69. The Bertz CT molecular complexity index is 551. The zero-order chi connectivity index (χ0) is 12.8. The van der Waals surface area contributed by atoms with Crippen molar-refractivity contribution in [1.29, 1.82) is 0 Å². The molecule has 2 aliphatic heterocycles. The highest BCUT2D eigenvalue weighted by Gasteiger charge is 2.30. The lowest BCUT2D eigenvalue weighted by Crippen LogP contribution is -2.33. The van der Waals surface area contributed by atoms with E-state index in [1.165, 1.54) is 0 Å². The zero-order valence-electron chi connectivity index (χ0n) is 10.2. The fourth-order valence-electron chi connectivity index (χ4n) is 2.85. The summed E-state index contributed by atoms with van der Waals surface area (Å²) in [7, 11) is -2.81. The molecule has 1 aromatic heterocycles. The van der Waals surface area contributed by atoms with E-state index in [-0.39, 0.29) is 12.0 Å². The second-order valence-electron chi connectivity index (χ2n) is 5.42. The second-order valence-corrected chi connectivity index (χ2v) is 7.64. The minimum absolute atomic E-state index is 0.166. The Balaban J connectivity index is 1.76. The van der Waals surface area contributed by atoms with Gasteiger partial charge in [0.1, 0.15) is 11.6 Å². The number of aromatic nitrogens is 3. The third-order valence-electron chi connectivity index (χ3n) is 3.86. The van der Waals surface area contributed by atoms with Crippen molar-refractivity contribution < 1.29 is 8.42 Å². The van der Waals surface area contributed by atoms with E-state index in [1.54, 1.807) is 0 Å². The molecule has 0 bridgehead atoms. The molecule has 1 aromatic rings. The maximum absolute atomic E-state index is 11.4. The molecule has 2 aliphatic rings. The minimum Gasteiger partial charge on any atom is -0.326 e. The van der Waals surface area contributed by atoms with Crippen molar-refractivity contribution in [2.45, 2.75) is 38.3 Å². The number of fused-ring (bicyclic) bond motifs is 1. The fraction of sp³-hybridized carbons (Fsp3) is 0.818. The minimum atomic E-state index is -2.81. The standard InChI is InChI=1S/C11H18N4O2S/c12-9-1-2-10-13-14-11(15(10)6-9)5-8-3-4-18(16,17)7-8/h8-9H,1-7,12H2. The molecule has 0 saturated carbocycles. The monoisotopic (exact) mass is 270 g/mol. The first-order valence-corrected chi connectivity index (χ1v) is 8.22. The van der Waals surface area contributed by atoms with Gasteiger partial charge in [0, 0.05) is 25.4 Å². The number of sulfone groups is 1. The lowest BCUT2D eigenvalue weighted by Gasteiger charge is -2.21. The number of rotatable bonds is 2. The van der Waals surface area contributed by atoms with Crippen molar-refractivity contribution in [2.24, 2.45) is 11.7 Å². The van der Waals surface area contributed by atoms with Crippen LogP contribution in [0, 0.1) is 5.92 Å². The van der Waals surface area contributed by atoms with Crippen LogP contribution >= 0.6 is 0 Å². The maximum atomic E-state index is 11.4. The summed E-state index contributed by atoms with van der Waals surface area (Å²) in [6, 6.07) is 0.166. The van der Waals surface area contributed by atoms with Gasteiger partial charge in [-0.2, -0.15) is 0 Å². The highest BCUT2D eigenvalue weighted by atomic mass is 32.2. The quantitative estimate of drug-likeness (QED) is 0.784. The number of aryl methyl sites for hydroxylation is 1. The molecule has 1 saturated heterocycles. The molecule has 6 nitrogen and oxygen atoms in total. The van der Waals surface area contributed by atoms with Crippen molar-refractivity contribution in [3.05, 3.63) is 11.6 Å². The second kappa shape index (κ2) is 4.31. The summed E-state index contributed by atoms with van der Waals surface area (Å²) in [6.07, 6.45) is 3.28. The smallest absolute Gasteiger partial charge is 0.150 e. The first-order chi connectivity index (χ1) is 8.53. The van der Waals surface area contributed by atoms with Crippen LogP contribution in [0.15, 0.2) is 0 Å². The zero-order valence-corrected chi connectivity index (χ0v) is 11.1. The molecule has 0 aliphatic carbocycles. The van der Waals surface area contributed by atoms with Gasteiger partial charge < -0.3 is 10.3 Å². The van der Waals surface area contributed by atoms with Crippen LogP contribution in [0.4, 0.5) is 0 Å². The Morgan fingerprint density at radius 2 is 2.17 bits per heavy atom. The summed E-state index contributed by atoms with van der Waals surface area (Å²) >= 11 is 0. The number of nitrogens with zero attached hydrogens (tertiary/aromatic N) is 3. The van der Waals surface area contributed by atoms with Crippen LogP contribution in [0.25, 0.3) is 0 Å². The molecule has 0 radical (unpaired) electrons. The Kier molecular flexibility index (Phi) is 2.90. The molecule has 0 spiro atoms. The van der Waals surface area contributed by atoms with Gasteiger partial charge in [0.25, 0.3) is 0 Å². The highest BCUT2D eigenvalue weighted by molar-refractivity contribution is 7.91. The summed E-state index contributed by atoms with van der Waals surface area (Å²) in [4.78, 5) is 0. The van der Waals surface area contributed by atoms with E-state index in [0.717, 1.165) is 37.5 Å². The molecule has 2 atom stereocenters. The first kappa shape index (κ1) is 12.1. The van der Waals surface area contributed by atoms with E-state index < -0.39 is 9.84 Å². The average Bonchev–Trinajstić information content (AvgIpc) is 2.84. The van der Waals surface area contributed by atoms with Gasteiger partial charge in [0.05, 0.1) is 11.5 Å². The van der Waals surface area contributed by atoms with Gasteiger partial charge in [-0.05, 0) is 18.8 Å². The number of hydrogen-bond acceptors (Lipinski definition) is 5. The summed E-state index contributed by atoms with van der Waals surface area (Å²) in [5.41, 5.74) is 5.96. The number of nitrogens with two attached hydrogens (primary N) is 1. The molecule has 7 heteroatoms. The van der Waals surface area contributed by atoms with E-state index in [9.17, 15) is 8.42 Å². The predicted molar refractivity (Wildman–Crippen MR) is 66.8 cm³/mol. The van der Waals surface area contributed by atoms with Gasteiger partial charge in [-0.3, -0.25) is 0 Å². The molecule has 3 rings (SSSR count). The van der Waals surface area contributed by atoms with Crippen molar-refractivity contribution in [1.82, 2.24) is 14.8 Å². The molecule has 100 valence electrons. The maximum Gasteiger partial charge on any atom is 0.150 e. The van der Waals surface area contributed by atoms with E-state index in [1.807, 2.05) is 0 Å². The van der Waals surface area contributed by atoms with Gasteiger partial charge in [-0.25, -0.2) is 8.42 Å². The van der Waals surface area contributed by atoms with Gasteiger partial charge in [-0.1, -0.05) is 0 Å². The van der Waals surface area contributed by atoms with Gasteiger partial charge in [-0.15, -0.1) is 10.2 Å². The molecule has 3 heterocycles. The van der Waals surface area contributed by atoms with Crippen LogP contribution in [-0.4, -0.2) is 40.7 Å². The van der Waals surface area contributed by atoms with Crippen LogP contribution in [0.5, 0.6) is 0 Å². The fourth-order valence-corrected chi connectivity index (χ4v) is 4.71. The molecule has 0 aromatic carbocycles. The summed E-state index contributed by atoms with van der Waals surface area (Å²) in [5.74, 6) is 2.70. The SMILES string of the molecule is NC1CCc2nnc(CC3CCS(=O)(=O)C3)n2C1. The third kappa shape index (κ3) is 2.29. The topological polar surface area (TPSA) is 90.9 Å². The largest absolute Gasteiger partial charge is 0.326 e. The highest BCUT2D eigenvalue weighted by Crippen LogP contribution is 2.23. The van der Waals surface area contributed by atoms with E-state index in [0.29, 0.717) is 17.9 Å². The molecule has 2 N–H and O–H groups in total. The Morgan fingerprint density at radius 1 is 1.33 bits per heavy atom. The summed E-state index contributed by atoms with van der Waals surface area (Å²) < 4.78 is 25.0. The molecular weight excluding hydrogens is 252 g/mol. The van der Waals surface area contributed by atoms with Gasteiger partial charge >= 0.3 is 0 Å². The molecule has 0 amide bonds. The van der Waals surface area contributed by atoms with Crippen molar-refractivity contribution in [3.8, 4) is 0 Å². The van der Waals surface area contributed by atoms with Crippen LogP contribution in [0.3, 0.4) is 0 Å². The van der Waals surface area contributed by atoms with Crippen LogP contribution in [0.1, 0.15) is 24.5 Å². The van der Waals surface area contributed by atoms with Crippen LogP contribution in [0.2, 0.25) is 0 Å². The molecule has 2 unspecified atom stereocenters. The normalized spacial score (nSPS) is 30.3. The van der Waals surface area contributed by atoms with E-state index in [4.69, 9.17) is 5.73 Å². The molecule has 1 fully saturated rings. The summed E-state index contributed by atoms with van der Waals surface area (Å²) in [5, 5.41) is 8.38. The Labute approximate surface area is 106 Å². The van der Waals surface area contributed by atoms with Crippen LogP contribution in [-0.2, 0) is 29.2 Å². The van der Waals surface area contributed by atoms with Crippen molar-refractivity contribution in [3.63, 3.8) is 0 Å². The average molecular weight is 270 g/mol. The van der Waals surface area contributed by atoms with Gasteiger partial charge in [0.2, 0.25) is 0 Å². The Hall–Kier alpha value is -0.950. The van der Waals surface area contributed by atoms with E-state index in [2.05, 4.69) is 14.8 Å². The molecular formula is C11H18N4O2S. The lowest BCUT2D eigenvalue weighted by molar-refractivity contribution is 0.433. The Morgan fingerprint density at radius 3 is 2.89 bits per heavy atom. The number of hydrogen-bond donors (Lipinski definition) is 1. The van der Waals surface area contributed by atoms with Crippen LogP contribution < -0.4 is 5.73 Å². The molecule has 18 heavy (non-hydrogen) atoms.